The van der Waals surface area contributed by atoms with Crippen LogP contribution < -0.4 is 16.0 Å². The first-order valence-corrected chi connectivity index (χ1v) is 23.9. The van der Waals surface area contributed by atoms with Crippen LogP contribution in [-0.2, 0) is 51.1 Å². The molecule has 362 valence electrons. The minimum atomic E-state index is -1.45. The van der Waals surface area contributed by atoms with Gasteiger partial charge in [-0.15, -0.1) is 20.4 Å². The number of nitrogens with zero attached hydrogens (tertiary/aromatic N) is 4. The van der Waals surface area contributed by atoms with Crippen molar-refractivity contribution in [3.63, 3.8) is 0 Å². The van der Waals surface area contributed by atoms with Gasteiger partial charge in [0.15, 0.2) is 29.8 Å². The van der Waals surface area contributed by atoms with Crippen LogP contribution >= 0.6 is 0 Å². The number of ether oxygens (including phenoxy) is 2. The summed E-state index contributed by atoms with van der Waals surface area (Å²) in [5.74, 6) is -2.84. The molecule has 0 radical (unpaired) electrons. The summed E-state index contributed by atoms with van der Waals surface area (Å²) in [7, 11) is 0. The highest BCUT2D eigenvalue weighted by molar-refractivity contribution is 6.01. The van der Waals surface area contributed by atoms with Crippen LogP contribution in [0, 0.1) is 34.0 Å². The van der Waals surface area contributed by atoms with E-state index in [1.54, 1.807) is 36.4 Å². The number of aliphatic hydroxyl groups is 2. The van der Waals surface area contributed by atoms with E-state index >= 15 is 0 Å². The monoisotopic (exact) mass is 943 g/mol. The summed E-state index contributed by atoms with van der Waals surface area (Å²) in [4.78, 5) is 76.9. The van der Waals surface area contributed by atoms with Gasteiger partial charge in [0.05, 0.1) is 25.2 Å². The normalized spacial score (nSPS) is 34.8. The second kappa shape index (κ2) is 17.4. The maximum Gasteiger partial charge on any atom is 0.303 e. The van der Waals surface area contributed by atoms with Crippen molar-refractivity contribution in [3.8, 4) is 11.4 Å². The number of allylic oxidation sites excluding steroid dienone is 4. The van der Waals surface area contributed by atoms with Gasteiger partial charge in [-0.3, -0.25) is 28.8 Å². The van der Waals surface area contributed by atoms with Gasteiger partial charge >= 0.3 is 5.97 Å². The molecule has 18 nitrogen and oxygen atoms in total. The van der Waals surface area contributed by atoms with Crippen LogP contribution in [0.25, 0.3) is 11.4 Å². The number of aliphatic carboxylic acids is 1. The molecule has 1 aliphatic heterocycles. The summed E-state index contributed by atoms with van der Waals surface area (Å²) >= 11 is 0. The molecule has 6 saturated carbocycles. The van der Waals surface area contributed by atoms with Crippen LogP contribution in [0.15, 0.2) is 78.7 Å². The zero-order valence-electron chi connectivity index (χ0n) is 38.6. The summed E-state index contributed by atoms with van der Waals surface area (Å²) in [6.45, 7) is 3.01. The van der Waals surface area contributed by atoms with Crippen LogP contribution in [0.4, 0.5) is 0 Å². The average molecular weight is 944 g/mol. The second-order valence-electron chi connectivity index (χ2n) is 21.1. The van der Waals surface area contributed by atoms with Gasteiger partial charge < -0.3 is 40.7 Å². The number of rotatable bonds is 16. The third-order valence-corrected chi connectivity index (χ3v) is 16.9. The molecular weight excluding hydrogens is 887 g/mol. The predicted octanol–water partition coefficient (Wildman–Crippen LogP) is 2.83. The number of benzene rings is 2. The lowest BCUT2D eigenvalue weighted by molar-refractivity contribution is -0.201. The Balaban J connectivity index is 0.723. The topological polar surface area (TPSA) is 269 Å². The summed E-state index contributed by atoms with van der Waals surface area (Å²) in [5, 5.41) is 55.2. The van der Waals surface area contributed by atoms with Gasteiger partial charge in [0.25, 0.3) is 0 Å². The molecule has 69 heavy (non-hydrogen) atoms. The highest BCUT2D eigenvalue weighted by Crippen LogP contribution is 2.71. The van der Waals surface area contributed by atoms with Crippen molar-refractivity contribution in [3.05, 3.63) is 95.3 Å². The van der Waals surface area contributed by atoms with Crippen LogP contribution in [0.3, 0.4) is 0 Å². The molecule has 3 aromatic rings. The number of carbonyl (C=O) groups excluding carboxylic acids is 5. The van der Waals surface area contributed by atoms with Crippen LogP contribution in [0.5, 0.6) is 0 Å². The van der Waals surface area contributed by atoms with E-state index in [9.17, 15) is 44.1 Å². The molecule has 2 heterocycles. The number of hydrogen-bond acceptors (Lipinski definition) is 14. The van der Waals surface area contributed by atoms with Crippen LogP contribution in [0.2, 0.25) is 0 Å². The molecule has 7 fully saturated rings. The fraction of sp³-hybridized carbons (Fsp3) is 0.529. The number of hydrogen-bond donors (Lipinski definition) is 6. The van der Waals surface area contributed by atoms with Gasteiger partial charge in [-0.25, -0.2) is 0 Å². The molecule has 0 unspecified atom stereocenters. The van der Waals surface area contributed by atoms with Gasteiger partial charge in [0.2, 0.25) is 23.5 Å². The first-order chi connectivity index (χ1) is 33.0. The van der Waals surface area contributed by atoms with Gasteiger partial charge in [-0.1, -0.05) is 74.0 Å². The highest BCUT2D eigenvalue weighted by atomic mass is 16.7. The maximum absolute atomic E-state index is 14.0. The SMILES string of the molecule is C[C@]12C=CC(=O)C=C1CC[C@@H]1[C@@H]2[C@@H](O)C[C@@]2(C)[C@H]1C[C@H]1O[C@@H](c3ccc(CC45CC(NC(=O)[C@H](CCC(=O)O)NC(=O)CNC(=O)Cc6ccc(-c7nncnn7)cc6)(C4)C5)cc3)O[C@]12C(=O)CO. The Morgan fingerprint density at radius 1 is 0.942 bits per heavy atom. The lowest BCUT2D eigenvalue weighted by atomic mass is 9.38. The number of nitrogens with one attached hydrogen (secondary N) is 3. The number of ketones is 2. The molecule has 6 N–H and O–H groups in total. The first kappa shape index (κ1) is 46.6. The van der Waals surface area contributed by atoms with Gasteiger partial charge in [-0.05, 0) is 98.3 Å². The summed E-state index contributed by atoms with van der Waals surface area (Å²) in [5.41, 5.74) is 1.01. The molecule has 18 heteroatoms. The van der Waals surface area contributed by atoms with E-state index in [-0.39, 0.29) is 48.2 Å². The molecule has 1 saturated heterocycles. The van der Waals surface area contributed by atoms with Crippen molar-refractivity contribution in [2.75, 3.05) is 13.2 Å². The van der Waals surface area contributed by atoms with E-state index in [1.807, 2.05) is 37.3 Å². The minimum absolute atomic E-state index is 0.00750. The van der Waals surface area contributed by atoms with E-state index in [2.05, 4.69) is 43.3 Å². The second-order valence-corrected chi connectivity index (χ2v) is 21.1. The number of amides is 3. The maximum atomic E-state index is 14.0. The van der Waals surface area contributed by atoms with Gasteiger partial charge in [-0.2, -0.15) is 0 Å². The summed E-state index contributed by atoms with van der Waals surface area (Å²) < 4.78 is 13.4. The van der Waals surface area contributed by atoms with E-state index in [0.717, 1.165) is 55.2 Å². The fourth-order valence-corrected chi connectivity index (χ4v) is 14.0. The van der Waals surface area contributed by atoms with Crippen LogP contribution in [-0.4, -0.2) is 114 Å². The zero-order valence-corrected chi connectivity index (χ0v) is 38.6. The molecule has 2 aromatic carbocycles. The third-order valence-electron chi connectivity index (χ3n) is 16.9. The molecular formula is C51H57N7O11. The third kappa shape index (κ3) is 8.08. The number of fused-ring (bicyclic) bond motifs is 7. The lowest BCUT2D eigenvalue weighted by Crippen LogP contribution is -2.76. The Morgan fingerprint density at radius 2 is 1.65 bits per heavy atom. The number of carbonyl (C=O) groups is 6. The quantitative estimate of drug-likeness (QED) is 0.121. The standard InChI is InChI=1S/C51H57N7O11/c1-47-16-15-33(60)18-32(47)11-12-34-35-19-39-51(38(62)23-59,48(35,2)21-37(61)43(34)47)69-46(68-39)31-9-5-29(6-10-31)20-49-24-50(25-49,26-49)56-45(67)36(13-14-42(65)66)55-41(64)22-52-40(63)17-28-3-7-30(8-4-28)44-57-53-27-54-58-44/h3-10,15-16,18,27,34-37,39,43,46,59,61H,11-14,17,19-26H2,1-2H3,(H,52,63)(H,55,64)(H,56,67)(H,65,66)/t34-,35-,36-,37-,39+,43+,46+,47-,48-,49?,50?,51+/m0/s1. The Hall–Kier alpha value is -6.08. The van der Waals surface area contributed by atoms with E-state index in [4.69, 9.17) is 9.47 Å². The molecule has 8 aliphatic rings. The number of Topliss-reactive ketones (excluding diaryl/α,β-unsaturated/α-hetero) is 1. The molecule has 1 aromatic heterocycles. The van der Waals surface area contributed by atoms with Crippen molar-refractivity contribution < 1.29 is 53.6 Å². The fourth-order valence-electron chi connectivity index (χ4n) is 14.0. The van der Waals surface area contributed by atoms with Crippen molar-refractivity contribution in [2.24, 2.45) is 34.0 Å². The summed E-state index contributed by atoms with van der Waals surface area (Å²) in [6, 6.07) is 13.7. The van der Waals surface area contributed by atoms with E-state index in [1.165, 1.54) is 6.33 Å². The molecule has 0 spiro atoms. The van der Waals surface area contributed by atoms with Crippen molar-refractivity contribution in [2.45, 2.75) is 120 Å². The van der Waals surface area contributed by atoms with Crippen LogP contribution in [0.1, 0.15) is 94.6 Å². The minimum Gasteiger partial charge on any atom is -0.481 e. The molecule has 10 atom stereocenters. The van der Waals surface area contributed by atoms with Crippen molar-refractivity contribution in [1.82, 2.24) is 36.3 Å². The molecule has 7 aliphatic carbocycles. The Labute approximate surface area is 398 Å². The van der Waals surface area contributed by atoms with Gasteiger partial charge in [0.1, 0.15) is 12.6 Å². The van der Waals surface area contributed by atoms with E-state index < -0.39 is 89.1 Å². The average Bonchev–Trinajstić information content (AvgIpc) is 3.81. The summed E-state index contributed by atoms with van der Waals surface area (Å²) in [6.07, 6.45) is 9.06. The Bertz CT molecular complexity index is 2620. The molecule has 2 bridgehead atoms. The zero-order chi connectivity index (χ0) is 48.5. The Kier molecular flexibility index (Phi) is 11.8. The van der Waals surface area contributed by atoms with Crippen molar-refractivity contribution in [1.29, 1.82) is 0 Å². The Morgan fingerprint density at radius 3 is 2.35 bits per heavy atom. The number of aromatic nitrogens is 4. The molecule has 11 rings (SSSR count). The number of carboxylic acid groups (broad SMARTS) is 1. The van der Waals surface area contributed by atoms with E-state index in [0.29, 0.717) is 29.8 Å². The highest BCUT2D eigenvalue weighted by Gasteiger charge is 2.76. The molecule has 3 amide bonds. The smallest absolute Gasteiger partial charge is 0.303 e. The van der Waals surface area contributed by atoms with Crippen molar-refractivity contribution >= 4 is 35.3 Å². The first-order valence-electron chi connectivity index (χ1n) is 23.9. The number of aliphatic hydroxyl groups excluding tert-OH is 2. The number of carboxylic acids is 1. The predicted molar refractivity (Wildman–Crippen MR) is 243 cm³/mol. The van der Waals surface area contributed by atoms with Gasteiger partial charge in [0, 0.05) is 39.8 Å². The lowest BCUT2D eigenvalue weighted by Gasteiger charge is -2.71. The largest absolute Gasteiger partial charge is 0.481 e.